The maximum Gasteiger partial charge on any atom is 0.246 e. The molecule has 3 rings (SSSR count). The van der Waals surface area contributed by atoms with Gasteiger partial charge >= 0.3 is 0 Å². The van der Waals surface area contributed by atoms with Crippen molar-refractivity contribution in [1.82, 2.24) is 9.80 Å². The fourth-order valence-electron chi connectivity index (χ4n) is 3.04. The molecular weight excluding hydrogens is 374 g/mol. The number of thiophene rings is 1. The van der Waals surface area contributed by atoms with E-state index in [4.69, 9.17) is 14.7 Å². The Bertz CT molecular complexity index is 850. The third-order valence-electron chi connectivity index (χ3n) is 4.54. The van der Waals surface area contributed by atoms with Crippen LogP contribution in [0.3, 0.4) is 0 Å². The van der Waals surface area contributed by atoms with Crippen LogP contribution >= 0.6 is 11.3 Å². The second kappa shape index (κ2) is 9.93. The van der Waals surface area contributed by atoms with E-state index in [1.807, 2.05) is 17.0 Å². The molecule has 0 N–H and O–H groups in total. The number of hydrogen-bond acceptors (Lipinski definition) is 6. The van der Waals surface area contributed by atoms with Crippen LogP contribution in [0.5, 0.6) is 11.5 Å². The Morgan fingerprint density at radius 1 is 1.25 bits per heavy atom. The second-order valence-electron chi connectivity index (χ2n) is 6.37. The van der Waals surface area contributed by atoms with E-state index in [0.29, 0.717) is 11.5 Å². The molecule has 1 amide bonds. The van der Waals surface area contributed by atoms with Gasteiger partial charge in [0.1, 0.15) is 6.07 Å². The minimum absolute atomic E-state index is 0.0135. The molecule has 1 fully saturated rings. The van der Waals surface area contributed by atoms with E-state index in [0.717, 1.165) is 38.3 Å². The van der Waals surface area contributed by atoms with Crippen LogP contribution in [0.25, 0.3) is 6.08 Å². The summed E-state index contributed by atoms with van der Waals surface area (Å²) in [4.78, 5) is 18.1. The molecule has 0 aliphatic carbocycles. The first-order valence-corrected chi connectivity index (χ1v) is 9.97. The lowest BCUT2D eigenvalue weighted by molar-refractivity contribution is -0.127. The number of carbonyl (C=O) groups excluding carboxylic acids is 1. The first-order valence-electron chi connectivity index (χ1n) is 9.09. The van der Waals surface area contributed by atoms with Gasteiger partial charge in [-0.15, -0.1) is 11.3 Å². The summed E-state index contributed by atoms with van der Waals surface area (Å²) in [5, 5.41) is 10.7. The number of nitrogens with zero attached hydrogens (tertiary/aromatic N) is 3. The van der Waals surface area contributed by atoms with Crippen LogP contribution in [-0.4, -0.2) is 55.6 Å². The zero-order valence-electron chi connectivity index (χ0n) is 15.8. The number of hydrogen-bond donors (Lipinski definition) is 0. The zero-order valence-corrected chi connectivity index (χ0v) is 16.7. The molecule has 0 atom stereocenters. The number of ether oxygens (including phenoxy) is 2. The van der Waals surface area contributed by atoms with E-state index in [1.54, 1.807) is 42.7 Å². The summed E-state index contributed by atoms with van der Waals surface area (Å²) < 4.78 is 10.6. The van der Waals surface area contributed by atoms with Crippen molar-refractivity contribution in [3.05, 3.63) is 52.2 Å². The van der Waals surface area contributed by atoms with Gasteiger partial charge in [-0.25, -0.2) is 0 Å². The lowest BCUT2D eigenvalue weighted by atomic mass is 10.2. The van der Waals surface area contributed by atoms with Crippen molar-refractivity contribution in [2.75, 3.05) is 39.9 Å². The number of benzene rings is 1. The SMILES string of the molecule is COc1cc(/C=C/C(=O)N2CCN(Cc3cccs3)CC2)ccc1OCC#N. The lowest BCUT2D eigenvalue weighted by Crippen LogP contribution is -2.47. The van der Waals surface area contributed by atoms with Crippen LogP contribution in [0, 0.1) is 11.3 Å². The molecule has 0 saturated carbocycles. The summed E-state index contributed by atoms with van der Waals surface area (Å²) in [5.41, 5.74) is 0.839. The minimum atomic E-state index is -0.0392. The van der Waals surface area contributed by atoms with E-state index in [1.165, 1.54) is 4.88 Å². The first kappa shape index (κ1) is 19.9. The summed E-state index contributed by atoms with van der Waals surface area (Å²) in [6.07, 6.45) is 3.37. The van der Waals surface area contributed by atoms with E-state index < -0.39 is 0 Å². The number of methoxy groups -OCH3 is 1. The van der Waals surface area contributed by atoms with Gasteiger partial charge < -0.3 is 14.4 Å². The number of amides is 1. The van der Waals surface area contributed by atoms with Crippen LogP contribution < -0.4 is 9.47 Å². The first-order chi connectivity index (χ1) is 13.7. The molecule has 28 heavy (non-hydrogen) atoms. The van der Waals surface area contributed by atoms with Crippen molar-refractivity contribution in [1.29, 1.82) is 5.26 Å². The predicted octanol–water partition coefficient (Wildman–Crippen LogP) is 3.02. The van der Waals surface area contributed by atoms with E-state index in [9.17, 15) is 4.79 Å². The highest BCUT2D eigenvalue weighted by Crippen LogP contribution is 2.28. The third-order valence-corrected chi connectivity index (χ3v) is 5.40. The van der Waals surface area contributed by atoms with Gasteiger partial charge in [-0.2, -0.15) is 5.26 Å². The van der Waals surface area contributed by atoms with Gasteiger partial charge in [0, 0.05) is 43.7 Å². The number of rotatable bonds is 7. The molecule has 0 bridgehead atoms. The largest absolute Gasteiger partial charge is 0.493 e. The van der Waals surface area contributed by atoms with Gasteiger partial charge in [0.25, 0.3) is 0 Å². The molecule has 6 nitrogen and oxygen atoms in total. The maximum atomic E-state index is 12.5. The number of piperazine rings is 1. The van der Waals surface area contributed by atoms with Crippen molar-refractivity contribution in [2.45, 2.75) is 6.54 Å². The van der Waals surface area contributed by atoms with Gasteiger partial charge in [-0.05, 0) is 35.2 Å². The Morgan fingerprint density at radius 3 is 2.75 bits per heavy atom. The van der Waals surface area contributed by atoms with E-state index >= 15 is 0 Å². The van der Waals surface area contributed by atoms with E-state index in [-0.39, 0.29) is 12.5 Å². The van der Waals surface area contributed by atoms with Gasteiger partial charge in [0.15, 0.2) is 18.1 Å². The zero-order chi connectivity index (χ0) is 19.8. The fraction of sp³-hybridized carbons (Fsp3) is 0.333. The second-order valence-corrected chi connectivity index (χ2v) is 7.40. The Balaban J connectivity index is 1.53. The monoisotopic (exact) mass is 397 g/mol. The van der Waals surface area contributed by atoms with Crippen LogP contribution in [-0.2, 0) is 11.3 Å². The normalized spacial score (nSPS) is 14.8. The van der Waals surface area contributed by atoms with Crippen molar-refractivity contribution in [3.63, 3.8) is 0 Å². The van der Waals surface area contributed by atoms with Crippen molar-refractivity contribution in [3.8, 4) is 17.6 Å². The highest BCUT2D eigenvalue weighted by atomic mass is 32.1. The van der Waals surface area contributed by atoms with Crippen molar-refractivity contribution in [2.24, 2.45) is 0 Å². The Kier molecular flexibility index (Phi) is 7.06. The van der Waals surface area contributed by atoms with Gasteiger partial charge in [-0.1, -0.05) is 12.1 Å². The average Bonchev–Trinajstić information content (AvgIpc) is 3.24. The molecule has 1 aromatic heterocycles. The van der Waals surface area contributed by atoms with Crippen LogP contribution in [0.15, 0.2) is 41.8 Å². The predicted molar refractivity (Wildman–Crippen MR) is 109 cm³/mol. The molecule has 7 heteroatoms. The standard InChI is InChI=1S/C21H23N3O3S/c1-26-20-15-17(4-6-19(20)27-13-8-22)5-7-21(25)24-11-9-23(10-12-24)16-18-3-2-14-28-18/h2-7,14-15H,9-13,16H2,1H3/b7-5+. The molecule has 1 saturated heterocycles. The summed E-state index contributed by atoms with van der Waals surface area (Å²) in [7, 11) is 1.54. The molecule has 1 aliphatic rings. The van der Waals surface area contributed by atoms with Crippen LogP contribution in [0.1, 0.15) is 10.4 Å². The number of nitriles is 1. The summed E-state index contributed by atoms with van der Waals surface area (Å²) in [6.45, 7) is 4.15. The number of carbonyl (C=O) groups is 1. The fourth-order valence-corrected chi connectivity index (χ4v) is 3.79. The Labute approximate surface area is 169 Å². The molecule has 1 aromatic carbocycles. The maximum absolute atomic E-state index is 12.5. The summed E-state index contributed by atoms with van der Waals surface area (Å²) >= 11 is 1.77. The van der Waals surface area contributed by atoms with Gasteiger partial charge in [0.2, 0.25) is 5.91 Å². The quantitative estimate of drug-likeness (QED) is 0.672. The van der Waals surface area contributed by atoms with Crippen molar-refractivity contribution < 1.29 is 14.3 Å². The third kappa shape index (κ3) is 5.35. The van der Waals surface area contributed by atoms with Gasteiger partial charge in [-0.3, -0.25) is 9.69 Å². The molecule has 146 valence electrons. The average molecular weight is 398 g/mol. The van der Waals surface area contributed by atoms with Crippen molar-refractivity contribution >= 4 is 23.3 Å². The highest BCUT2D eigenvalue weighted by molar-refractivity contribution is 7.09. The summed E-state index contributed by atoms with van der Waals surface area (Å²) in [6, 6.07) is 11.5. The minimum Gasteiger partial charge on any atom is -0.493 e. The van der Waals surface area contributed by atoms with E-state index in [2.05, 4.69) is 22.4 Å². The molecular formula is C21H23N3O3S. The Hall–Kier alpha value is -2.82. The molecule has 0 spiro atoms. The molecule has 2 aromatic rings. The van der Waals surface area contributed by atoms with Gasteiger partial charge in [0.05, 0.1) is 7.11 Å². The lowest BCUT2D eigenvalue weighted by Gasteiger charge is -2.34. The molecule has 1 aliphatic heterocycles. The molecule has 0 radical (unpaired) electrons. The molecule has 0 unspecified atom stereocenters. The highest BCUT2D eigenvalue weighted by Gasteiger charge is 2.19. The topological polar surface area (TPSA) is 65.8 Å². The van der Waals surface area contributed by atoms with Crippen LogP contribution in [0.4, 0.5) is 0 Å². The Morgan fingerprint density at radius 2 is 2.07 bits per heavy atom. The summed E-state index contributed by atoms with van der Waals surface area (Å²) in [5.74, 6) is 1.06. The molecule has 2 heterocycles. The van der Waals surface area contributed by atoms with Crippen LogP contribution in [0.2, 0.25) is 0 Å². The smallest absolute Gasteiger partial charge is 0.246 e.